The van der Waals surface area contributed by atoms with Crippen LogP contribution in [0.5, 0.6) is 11.5 Å². The van der Waals surface area contributed by atoms with Gasteiger partial charge < -0.3 is 14.2 Å². The molecule has 7 heteroatoms. The summed E-state index contributed by atoms with van der Waals surface area (Å²) in [6.07, 6.45) is 1.61. The number of nitrogens with zero attached hydrogens (tertiary/aromatic N) is 1. The third kappa shape index (κ3) is 5.14. The number of carbonyl (C=O) groups is 2. The summed E-state index contributed by atoms with van der Waals surface area (Å²) in [5, 5.41) is 0. The van der Waals surface area contributed by atoms with E-state index in [9.17, 15) is 9.59 Å². The molecule has 6 nitrogen and oxygen atoms in total. The van der Waals surface area contributed by atoms with Crippen LogP contribution in [0.1, 0.15) is 32.6 Å². The second-order valence-corrected chi connectivity index (χ2v) is 8.66. The van der Waals surface area contributed by atoms with Gasteiger partial charge in [-0.2, -0.15) is 0 Å². The van der Waals surface area contributed by atoms with E-state index in [0.717, 1.165) is 16.7 Å². The molecule has 3 aromatic rings. The van der Waals surface area contributed by atoms with E-state index < -0.39 is 11.9 Å². The topological polar surface area (TPSA) is 74.2 Å². The van der Waals surface area contributed by atoms with Crippen LogP contribution in [0.2, 0.25) is 0 Å². The maximum atomic E-state index is 12.6. The van der Waals surface area contributed by atoms with Gasteiger partial charge in [-0.3, -0.25) is 0 Å². The van der Waals surface area contributed by atoms with Crippen molar-refractivity contribution >= 4 is 46.5 Å². The Labute approximate surface area is 205 Å². The number of hydrogen-bond donors (Lipinski definition) is 0. The summed E-state index contributed by atoms with van der Waals surface area (Å²) in [4.78, 5) is 29.3. The van der Waals surface area contributed by atoms with Crippen LogP contribution >= 0.6 is 22.6 Å². The van der Waals surface area contributed by atoms with E-state index in [1.807, 2.05) is 44.2 Å². The molecule has 0 saturated heterocycles. The normalized spacial score (nSPS) is 14.1. The number of methoxy groups -OCH3 is 1. The monoisotopic (exact) mass is 553 g/mol. The number of esters is 2. The third-order valence-corrected chi connectivity index (χ3v) is 5.72. The molecular formula is C26H20INO5. The molecule has 0 aliphatic carbocycles. The molecular weight excluding hydrogens is 533 g/mol. The number of benzene rings is 3. The maximum absolute atomic E-state index is 12.6. The highest BCUT2D eigenvalue weighted by molar-refractivity contribution is 14.1. The minimum absolute atomic E-state index is 0.174. The molecule has 0 aromatic heterocycles. The van der Waals surface area contributed by atoms with Crippen molar-refractivity contribution in [2.24, 2.45) is 4.99 Å². The van der Waals surface area contributed by atoms with Crippen molar-refractivity contribution in [3.63, 3.8) is 0 Å². The van der Waals surface area contributed by atoms with Crippen molar-refractivity contribution in [3.05, 3.63) is 97.7 Å². The highest BCUT2D eigenvalue weighted by atomic mass is 127. The fraction of sp³-hybridized carbons (Fsp3) is 0.115. The summed E-state index contributed by atoms with van der Waals surface area (Å²) >= 11 is 2.06. The SMILES string of the molecule is COc1cc(/C=C2\N=C(c3ccc(C)cc3)OC2=O)cc(I)c1OC(=O)c1cccc(C)c1. The van der Waals surface area contributed by atoms with Gasteiger partial charge in [-0.1, -0.05) is 35.4 Å². The van der Waals surface area contributed by atoms with Gasteiger partial charge in [-0.25, -0.2) is 14.6 Å². The Morgan fingerprint density at radius 1 is 1.03 bits per heavy atom. The van der Waals surface area contributed by atoms with Crippen LogP contribution in [0.3, 0.4) is 0 Å². The lowest BCUT2D eigenvalue weighted by molar-refractivity contribution is -0.129. The second-order valence-electron chi connectivity index (χ2n) is 7.50. The molecule has 1 heterocycles. The van der Waals surface area contributed by atoms with Crippen LogP contribution in [0.4, 0.5) is 0 Å². The lowest BCUT2D eigenvalue weighted by atomic mass is 10.1. The van der Waals surface area contributed by atoms with Crippen molar-refractivity contribution < 1.29 is 23.8 Å². The van der Waals surface area contributed by atoms with E-state index in [0.29, 0.717) is 26.2 Å². The minimum Gasteiger partial charge on any atom is -0.493 e. The first kappa shape index (κ1) is 22.7. The van der Waals surface area contributed by atoms with E-state index in [1.54, 1.807) is 36.4 Å². The van der Waals surface area contributed by atoms with E-state index in [1.165, 1.54) is 7.11 Å². The fourth-order valence-corrected chi connectivity index (χ4v) is 3.97. The van der Waals surface area contributed by atoms with Crippen LogP contribution in [0.25, 0.3) is 6.08 Å². The predicted molar refractivity (Wildman–Crippen MR) is 134 cm³/mol. The molecule has 0 unspecified atom stereocenters. The molecule has 0 radical (unpaired) electrons. The number of aryl methyl sites for hydroxylation is 2. The summed E-state index contributed by atoms with van der Waals surface area (Å²) in [6.45, 7) is 3.89. The molecule has 0 saturated carbocycles. The van der Waals surface area contributed by atoms with Gasteiger partial charge in [0.05, 0.1) is 16.2 Å². The molecule has 0 atom stereocenters. The van der Waals surface area contributed by atoms with Gasteiger partial charge in [-0.15, -0.1) is 0 Å². The number of aliphatic imine (C=N–C) groups is 1. The van der Waals surface area contributed by atoms with Crippen molar-refractivity contribution in [2.45, 2.75) is 13.8 Å². The van der Waals surface area contributed by atoms with Crippen LogP contribution in [0, 0.1) is 17.4 Å². The van der Waals surface area contributed by atoms with Gasteiger partial charge in [0, 0.05) is 5.56 Å². The standard InChI is InChI=1S/C26H20INO5/c1-15-7-9-18(10-8-15)24-28-21(26(30)33-24)13-17-12-20(27)23(22(14-17)31-3)32-25(29)19-6-4-5-16(2)11-19/h4-14H,1-3H3/b21-13-. The summed E-state index contributed by atoms with van der Waals surface area (Å²) in [5.74, 6) is -0.0766. The number of rotatable bonds is 5. The Kier molecular flexibility index (Phi) is 6.60. The Morgan fingerprint density at radius 3 is 2.48 bits per heavy atom. The van der Waals surface area contributed by atoms with Gasteiger partial charge in [0.15, 0.2) is 17.2 Å². The summed E-state index contributed by atoms with van der Waals surface area (Å²) < 4.78 is 17.1. The zero-order valence-corrected chi connectivity index (χ0v) is 20.4. The van der Waals surface area contributed by atoms with Gasteiger partial charge >= 0.3 is 11.9 Å². The van der Waals surface area contributed by atoms with Crippen LogP contribution in [0.15, 0.2) is 71.4 Å². The minimum atomic E-state index is -0.533. The first-order valence-electron chi connectivity index (χ1n) is 10.1. The van der Waals surface area contributed by atoms with Crippen LogP contribution in [-0.2, 0) is 9.53 Å². The Balaban J connectivity index is 1.62. The second kappa shape index (κ2) is 9.58. The van der Waals surface area contributed by atoms with E-state index >= 15 is 0 Å². The van der Waals surface area contributed by atoms with Gasteiger partial charge in [-0.05, 0) is 84.5 Å². The zero-order chi connectivity index (χ0) is 23.5. The van der Waals surface area contributed by atoms with Gasteiger partial charge in [0.1, 0.15) is 0 Å². The molecule has 0 bridgehead atoms. The van der Waals surface area contributed by atoms with Crippen LogP contribution in [-0.4, -0.2) is 24.9 Å². The number of ether oxygens (including phenoxy) is 3. The van der Waals surface area contributed by atoms with Crippen molar-refractivity contribution in [1.82, 2.24) is 0 Å². The van der Waals surface area contributed by atoms with Crippen molar-refractivity contribution in [2.75, 3.05) is 7.11 Å². The molecule has 0 N–H and O–H groups in total. The molecule has 0 fully saturated rings. The quantitative estimate of drug-likeness (QED) is 0.181. The maximum Gasteiger partial charge on any atom is 0.363 e. The highest BCUT2D eigenvalue weighted by Gasteiger charge is 2.25. The van der Waals surface area contributed by atoms with Gasteiger partial charge in [0.25, 0.3) is 0 Å². The molecule has 33 heavy (non-hydrogen) atoms. The zero-order valence-electron chi connectivity index (χ0n) is 18.2. The summed E-state index contributed by atoms with van der Waals surface area (Å²) in [7, 11) is 1.49. The molecule has 3 aromatic carbocycles. The summed E-state index contributed by atoms with van der Waals surface area (Å²) in [5.41, 5.74) is 4.07. The lowest BCUT2D eigenvalue weighted by Gasteiger charge is -2.12. The van der Waals surface area contributed by atoms with Crippen molar-refractivity contribution in [3.8, 4) is 11.5 Å². The number of carbonyl (C=O) groups excluding carboxylic acids is 2. The highest BCUT2D eigenvalue weighted by Crippen LogP contribution is 2.35. The molecule has 0 spiro atoms. The molecule has 0 amide bonds. The number of hydrogen-bond acceptors (Lipinski definition) is 6. The Hall–Kier alpha value is -3.46. The number of halogens is 1. The average Bonchev–Trinajstić information content (AvgIpc) is 3.15. The van der Waals surface area contributed by atoms with Crippen LogP contribution < -0.4 is 9.47 Å². The Bertz CT molecular complexity index is 1310. The first-order chi connectivity index (χ1) is 15.8. The van der Waals surface area contributed by atoms with E-state index in [4.69, 9.17) is 14.2 Å². The largest absolute Gasteiger partial charge is 0.493 e. The third-order valence-electron chi connectivity index (χ3n) is 4.92. The Morgan fingerprint density at radius 2 is 1.79 bits per heavy atom. The molecule has 166 valence electrons. The molecule has 4 rings (SSSR count). The van der Waals surface area contributed by atoms with E-state index in [-0.39, 0.29) is 11.6 Å². The molecule has 1 aliphatic rings. The predicted octanol–water partition coefficient (Wildman–Crippen LogP) is 5.48. The average molecular weight is 553 g/mol. The van der Waals surface area contributed by atoms with Gasteiger partial charge in [0.2, 0.25) is 5.90 Å². The first-order valence-corrected chi connectivity index (χ1v) is 11.2. The van der Waals surface area contributed by atoms with E-state index in [2.05, 4.69) is 27.6 Å². The lowest BCUT2D eigenvalue weighted by Crippen LogP contribution is -2.10. The fourth-order valence-electron chi connectivity index (χ4n) is 3.23. The smallest absolute Gasteiger partial charge is 0.363 e. The summed E-state index contributed by atoms with van der Waals surface area (Å²) in [6, 6.07) is 18.2. The molecule has 1 aliphatic heterocycles. The van der Waals surface area contributed by atoms with Crippen molar-refractivity contribution in [1.29, 1.82) is 0 Å². The number of cyclic esters (lactones) is 1.